The number of halogens is 4. The summed E-state index contributed by atoms with van der Waals surface area (Å²) in [5.74, 6) is -1.51. The summed E-state index contributed by atoms with van der Waals surface area (Å²) in [7, 11) is 0. The fourth-order valence-corrected chi connectivity index (χ4v) is 1.08. The average Bonchev–Trinajstić information content (AvgIpc) is 2.00. The third kappa shape index (κ3) is 1.55. The van der Waals surface area contributed by atoms with Crippen molar-refractivity contribution in [2.24, 2.45) is 0 Å². The van der Waals surface area contributed by atoms with Crippen LogP contribution in [-0.4, -0.2) is 5.11 Å². The summed E-state index contributed by atoms with van der Waals surface area (Å²) in [4.78, 5) is 0. The largest absolute Gasteiger partial charge is 0.507 e. The minimum Gasteiger partial charge on any atom is -0.507 e. The number of hydrogen-bond acceptors (Lipinski definition) is 1. The molecular weight excluding hydrogens is 237 g/mol. The van der Waals surface area contributed by atoms with Crippen molar-refractivity contribution < 1.29 is 18.3 Å². The molecule has 66 valence electrons. The van der Waals surface area contributed by atoms with E-state index < -0.39 is 23.6 Å². The van der Waals surface area contributed by atoms with Crippen molar-refractivity contribution in [2.75, 3.05) is 0 Å². The van der Waals surface area contributed by atoms with Crippen molar-refractivity contribution in [1.29, 1.82) is 0 Å². The first kappa shape index (κ1) is 9.38. The minimum absolute atomic E-state index is 0.333. The SMILES string of the molecule is Oc1ccc(C(F)F)c(F)c1Br. The predicted molar refractivity (Wildman–Crippen MR) is 40.7 cm³/mol. The molecule has 5 heteroatoms. The Kier molecular flexibility index (Phi) is 2.62. The lowest BCUT2D eigenvalue weighted by molar-refractivity contribution is 0.146. The van der Waals surface area contributed by atoms with Gasteiger partial charge in [-0.25, -0.2) is 13.2 Å². The first-order valence-electron chi connectivity index (χ1n) is 2.99. The van der Waals surface area contributed by atoms with Gasteiger partial charge in [-0.3, -0.25) is 0 Å². The Labute approximate surface area is 75.0 Å². The second-order valence-electron chi connectivity index (χ2n) is 2.10. The minimum atomic E-state index is -2.87. The molecule has 0 saturated heterocycles. The Hall–Kier alpha value is -0.710. The number of hydrogen-bond donors (Lipinski definition) is 1. The molecule has 0 aliphatic carbocycles. The van der Waals surface area contributed by atoms with E-state index in [1.165, 1.54) is 0 Å². The summed E-state index contributed by atoms with van der Waals surface area (Å²) < 4.78 is 36.5. The molecule has 12 heavy (non-hydrogen) atoms. The molecule has 0 amide bonds. The van der Waals surface area contributed by atoms with Gasteiger partial charge in [0.15, 0.2) is 0 Å². The second-order valence-corrected chi connectivity index (χ2v) is 2.90. The molecule has 0 radical (unpaired) electrons. The predicted octanol–water partition coefficient (Wildman–Crippen LogP) is 3.23. The quantitative estimate of drug-likeness (QED) is 0.800. The number of phenols is 1. The van der Waals surface area contributed by atoms with Crippen LogP contribution in [0.15, 0.2) is 16.6 Å². The van der Waals surface area contributed by atoms with E-state index >= 15 is 0 Å². The van der Waals surface area contributed by atoms with Crippen LogP contribution < -0.4 is 0 Å². The Bertz CT molecular complexity index is 301. The van der Waals surface area contributed by atoms with Crippen molar-refractivity contribution in [1.82, 2.24) is 0 Å². The van der Waals surface area contributed by atoms with Crippen molar-refractivity contribution in [3.63, 3.8) is 0 Å². The van der Waals surface area contributed by atoms with Gasteiger partial charge in [-0.2, -0.15) is 0 Å². The maximum Gasteiger partial charge on any atom is 0.266 e. The van der Waals surface area contributed by atoms with Crippen molar-refractivity contribution >= 4 is 15.9 Å². The molecule has 1 aromatic rings. The smallest absolute Gasteiger partial charge is 0.266 e. The summed E-state index contributed by atoms with van der Waals surface area (Å²) in [6, 6.07) is 1.86. The van der Waals surface area contributed by atoms with Gasteiger partial charge in [-0.05, 0) is 28.1 Å². The van der Waals surface area contributed by atoms with Gasteiger partial charge < -0.3 is 5.11 Å². The van der Waals surface area contributed by atoms with Crippen LogP contribution in [0.3, 0.4) is 0 Å². The lowest BCUT2D eigenvalue weighted by Crippen LogP contribution is -1.91. The van der Waals surface area contributed by atoms with Gasteiger partial charge in [-0.15, -0.1) is 0 Å². The highest BCUT2D eigenvalue weighted by atomic mass is 79.9. The Morgan fingerprint density at radius 1 is 1.33 bits per heavy atom. The van der Waals surface area contributed by atoms with E-state index in [9.17, 15) is 13.2 Å². The van der Waals surface area contributed by atoms with Gasteiger partial charge in [0, 0.05) is 0 Å². The number of rotatable bonds is 1. The molecule has 0 bridgehead atoms. The van der Waals surface area contributed by atoms with Crippen LogP contribution in [-0.2, 0) is 0 Å². The van der Waals surface area contributed by atoms with Crippen LogP contribution in [0, 0.1) is 5.82 Å². The average molecular weight is 241 g/mol. The van der Waals surface area contributed by atoms with E-state index in [2.05, 4.69) is 15.9 Å². The zero-order chi connectivity index (χ0) is 9.30. The summed E-state index contributed by atoms with van der Waals surface area (Å²) in [6.07, 6.45) is -2.87. The number of benzene rings is 1. The third-order valence-corrected chi connectivity index (χ3v) is 2.08. The van der Waals surface area contributed by atoms with Crippen molar-refractivity contribution in [3.8, 4) is 5.75 Å². The molecule has 0 saturated carbocycles. The van der Waals surface area contributed by atoms with Crippen LogP contribution in [0.2, 0.25) is 0 Å². The van der Waals surface area contributed by atoms with E-state index in [1.807, 2.05) is 0 Å². The molecule has 0 spiro atoms. The molecule has 0 aromatic heterocycles. The van der Waals surface area contributed by atoms with Crippen molar-refractivity contribution in [3.05, 3.63) is 28.0 Å². The van der Waals surface area contributed by atoms with Gasteiger partial charge in [0.25, 0.3) is 6.43 Å². The van der Waals surface area contributed by atoms with Gasteiger partial charge in [0.05, 0.1) is 10.0 Å². The molecule has 0 aliphatic heterocycles. The van der Waals surface area contributed by atoms with E-state index in [0.717, 1.165) is 12.1 Å². The van der Waals surface area contributed by atoms with E-state index in [0.29, 0.717) is 0 Å². The zero-order valence-electron chi connectivity index (χ0n) is 5.69. The zero-order valence-corrected chi connectivity index (χ0v) is 7.28. The molecule has 0 fully saturated rings. The number of aromatic hydroxyl groups is 1. The highest BCUT2D eigenvalue weighted by molar-refractivity contribution is 9.10. The molecule has 1 N–H and O–H groups in total. The number of alkyl halides is 2. The van der Waals surface area contributed by atoms with Gasteiger partial charge >= 0.3 is 0 Å². The lowest BCUT2D eigenvalue weighted by atomic mass is 10.2. The van der Waals surface area contributed by atoms with Gasteiger partial charge in [-0.1, -0.05) is 0 Å². The summed E-state index contributed by atoms with van der Waals surface area (Å²) >= 11 is 2.64. The Balaban J connectivity index is 3.27. The van der Waals surface area contributed by atoms with E-state index in [1.54, 1.807) is 0 Å². The molecule has 1 aromatic carbocycles. The Morgan fingerprint density at radius 2 is 1.92 bits per heavy atom. The standard InChI is InChI=1S/C7H4BrF3O/c8-5-4(12)2-1-3(6(5)9)7(10)11/h1-2,7,12H. The van der Waals surface area contributed by atoms with Crippen LogP contribution in [0.5, 0.6) is 5.75 Å². The molecular formula is C7H4BrF3O. The highest BCUT2D eigenvalue weighted by Crippen LogP contribution is 2.32. The maximum absolute atomic E-state index is 12.8. The normalized spacial score (nSPS) is 10.8. The summed E-state index contributed by atoms with van der Waals surface area (Å²) in [5, 5.41) is 8.87. The van der Waals surface area contributed by atoms with E-state index in [4.69, 9.17) is 5.11 Å². The Morgan fingerprint density at radius 3 is 2.42 bits per heavy atom. The highest BCUT2D eigenvalue weighted by Gasteiger charge is 2.17. The molecule has 0 atom stereocenters. The topological polar surface area (TPSA) is 20.2 Å². The molecule has 0 aliphatic rings. The molecule has 1 nitrogen and oxygen atoms in total. The molecule has 1 rings (SSSR count). The first-order valence-corrected chi connectivity index (χ1v) is 3.78. The monoisotopic (exact) mass is 240 g/mol. The fourth-order valence-electron chi connectivity index (χ4n) is 0.723. The van der Waals surface area contributed by atoms with Gasteiger partial charge in [0.1, 0.15) is 11.6 Å². The van der Waals surface area contributed by atoms with Gasteiger partial charge in [0.2, 0.25) is 0 Å². The maximum atomic E-state index is 12.8. The summed E-state index contributed by atoms with van der Waals surface area (Å²) in [5.41, 5.74) is -0.723. The van der Waals surface area contributed by atoms with Crippen LogP contribution in [0.1, 0.15) is 12.0 Å². The van der Waals surface area contributed by atoms with Crippen molar-refractivity contribution in [2.45, 2.75) is 6.43 Å². The molecule has 0 unspecified atom stereocenters. The lowest BCUT2D eigenvalue weighted by Gasteiger charge is -2.04. The van der Waals surface area contributed by atoms with E-state index in [-0.39, 0.29) is 4.47 Å². The van der Waals surface area contributed by atoms with Crippen LogP contribution in [0.25, 0.3) is 0 Å². The fraction of sp³-hybridized carbons (Fsp3) is 0.143. The third-order valence-electron chi connectivity index (χ3n) is 1.33. The first-order chi connectivity index (χ1) is 5.54. The number of phenolic OH excluding ortho intramolecular Hbond substituents is 1. The summed E-state index contributed by atoms with van der Waals surface area (Å²) in [6.45, 7) is 0. The van der Waals surface area contributed by atoms with Crippen LogP contribution >= 0.6 is 15.9 Å². The molecule has 0 heterocycles. The second kappa shape index (κ2) is 3.35. The van der Waals surface area contributed by atoms with Crippen LogP contribution in [0.4, 0.5) is 13.2 Å².